The van der Waals surface area contributed by atoms with Crippen LogP contribution in [0.2, 0.25) is 0 Å². The number of anilines is 1. The van der Waals surface area contributed by atoms with Crippen molar-refractivity contribution in [2.24, 2.45) is 17.6 Å². The van der Waals surface area contributed by atoms with Crippen LogP contribution in [0.15, 0.2) is 24.3 Å². The first kappa shape index (κ1) is 10.5. The Morgan fingerprint density at radius 1 is 1.18 bits per heavy atom. The molecule has 1 aliphatic heterocycles. The third-order valence-electron chi connectivity index (χ3n) is 3.54. The largest absolute Gasteiger partial charge is 0.324 e. The lowest BCUT2D eigenvalue weighted by Crippen LogP contribution is -2.32. The van der Waals surface area contributed by atoms with Crippen molar-refractivity contribution in [3.8, 4) is 0 Å². The highest BCUT2D eigenvalue weighted by Gasteiger charge is 2.59. The van der Waals surface area contributed by atoms with Crippen LogP contribution in [0.25, 0.3) is 0 Å². The molecule has 4 heteroatoms. The van der Waals surface area contributed by atoms with Crippen LogP contribution in [0.1, 0.15) is 24.9 Å². The second-order valence-electron chi connectivity index (χ2n) is 4.84. The highest BCUT2D eigenvalue weighted by atomic mass is 16.2. The fourth-order valence-electron chi connectivity index (χ4n) is 2.36. The fourth-order valence-corrected chi connectivity index (χ4v) is 2.36. The van der Waals surface area contributed by atoms with Gasteiger partial charge in [0.15, 0.2) is 0 Å². The van der Waals surface area contributed by atoms with E-state index in [4.69, 9.17) is 5.73 Å². The maximum atomic E-state index is 11.9. The lowest BCUT2D eigenvalue weighted by Gasteiger charge is -2.17. The molecule has 3 unspecified atom stereocenters. The van der Waals surface area contributed by atoms with Gasteiger partial charge in [-0.1, -0.05) is 12.1 Å². The SMILES string of the molecule is CC(N)c1ccc(N2C(=O)C3CC3C2=O)cc1. The summed E-state index contributed by atoms with van der Waals surface area (Å²) in [6.07, 6.45) is 0.742. The number of fused-ring (bicyclic) bond motifs is 1. The zero-order valence-corrected chi connectivity index (χ0v) is 9.59. The van der Waals surface area contributed by atoms with Crippen molar-refractivity contribution in [1.29, 1.82) is 0 Å². The van der Waals surface area contributed by atoms with Crippen molar-refractivity contribution in [1.82, 2.24) is 0 Å². The van der Waals surface area contributed by atoms with Crippen LogP contribution in [0.4, 0.5) is 5.69 Å². The Morgan fingerprint density at radius 3 is 2.18 bits per heavy atom. The molecule has 2 amide bonds. The van der Waals surface area contributed by atoms with Gasteiger partial charge in [0, 0.05) is 6.04 Å². The van der Waals surface area contributed by atoms with Crippen LogP contribution in [0.5, 0.6) is 0 Å². The smallest absolute Gasteiger partial charge is 0.237 e. The molecule has 2 aliphatic rings. The van der Waals surface area contributed by atoms with Crippen molar-refractivity contribution in [3.63, 3.8) is 0 Å². The molecule has 3 atom stereocenters. The second kappa shape index (κ2) is 3.40. The van der Waals surface area contributed by atoms with Crippen molar-refractivity contribution < 1.29 is 9.59 Å². The first-order valence-electron chi connectivity index (χ1n) is 5.83. The molecule has 1 aromatic carbocycles. The number of carbonyl (C=O) groups is 2. The average Bonchev–Trinajstić information content (AvgIpc) is 3.05. The summed E-state index contributed by atoms with van der Waals surface area (Å²) in [5.74, 6) is -0.187. The number of carbonyl (C=O) groups excluding carboxylic acids is 2. The number of benzene rings is 1. The van der Waals surface area contributed by atoms with Gasteiger partial charge in [0.25, 0.3) is 0 Å². The molecule has 1 aliphatic carbocycles. The summed E-state index contributed by atoms with van der Waals surface area (Å²) < 4.78 is 0. The number of nitrogens with two attached hydrogens (primary N) is 1. The molecule has 1 aromatic rings. The molecule has 4 nitrogen and oxygen atoms in total. The summed E-state index contributed by atoms with van der Waals surface area (Å²) in [4.78, 5) is 25.0. The van der Waals surface area contributed by atoms with Gasteiger partial charge in [-0.25, -0.2) is 0 Å². The minimum atomic E-state index is -0.0476. The number of imide groups is 1. The first-order valence-corrected chi connectivity index (χ1v) is 5.83. The molecular weight excluding hydrogens is 216 g/mol. The number of amides is 2. The monoisotopic (exact) mass is 230 g/mol. The molecule has 17 heavy (non-hydrogen) atoms. The Balaban J connectivity index is 1.90. The van der Waals surface area contributed by atoms with E-state index in [1.165, 1.54) is 4.90 Å². The Hall–Kier alpha value is -1.68. The Bertz CT molecular complexity index is 473. The molecule has 0 bridgehead atoms. The van der Waals surface area contributed by atoms with Crippen molar-refractivity contribution in [2.75, 3.05) is 4.90 Å². The summed E-state index contributed by atoms with van der Waals surface area (Å²) in [6.45, 7) is 1.90. The van der Waals surface area contributed by atoms with Crippen LogP contribution in [0, 0.1) is 11.8 Å². The minimum Gasteiger partial charge on any atom is -0.324 e. The maximum absolute atomic E-state index is 11.9. The van der Waals surface area contributed by atoms with Crippen molar-refractivity contribution in [3.05, 3.63) is 29.8 Å². The second-order valence-corrected chi connectivity index (χ2v) is 4.84. The predicted molar refractivity (Wildman–Crippen MR) is 63.1 cm³/mol. The fraction of sp³-hybridized carbons (Fsp3) is 0.385. The van der Waals surface area contributed by atoms with Gasteiger partial charge >= 0.3 is 0 Å². The van der Waals surface area contributed by atoms with Gasteiger partial charge in [-0.05, 0) is 31.0 Å². The van der Waals surface area contributed by atoms with E-state index in [1.54, 1.807) is 12.1 Å². The van der Waals surface area contributed by atoms with E-state index in [0.717, 1.165) is 12.0 Å². The van der Waals surface area contributed by atoms with Gasteiger partial charge in [-0.15, -0.1) is 0 Å². The molecule has 0 radical (unpaired) electrons. The average molecular weight is 230 g/mol. The van der Waals surface area contributed by atoms with Crippen LogP contribution >= 0.6 is 0 Å². The Morgan fingerprint density at radius 2 is 1.71 bits per heavy atom. The minimum absolute atomic E-state index is 0.0394. The Labute approximate surface area is 99.4 Å². The quantitative estimate of drug-likeness (QED) is 0.777. The lowest BCUT2D eigenvalue weighted by atomic mass is 10.1. The van der Waals surface area contributed by atoms with Crippen molar-refractivity contribution >= 4 is 17.5 Å². The number of hydrogen-bond acceptors (Lipinski definition) is 3. The van der Waals surface area contributed by atoms with E-state index < -0.39 is 0 Å². The molecule has 2 fully saturated rings. The van der Waals surface area contributed by atoms with E-state index in [2.05, 4.69) is 0 Å². The predicted octanol–water partition coefficient (Wildman–Crippen LogP) is 1.22. The topological polar surface area (TPSA) is 63.4 Å². The van der Waals surface area contributed by atoms with Crippen LogP contribution < -0.4 is 10.6 Å². The normalized spacial score (nSPS) is 28.2. The van der Waals surface area contributed by atoms with E-state index in [-0.39, 0.29) is 29.7 Å². The van der Waals surface area contributed by atoms with Gasteiger partial charge in [-0.2, -0.15) is 0 Å². The summed E-state index contributed by atoms with van der Waals surface area (Å²) >= 11 is 0. The molecule has 88 valence electrons. The molecule has 1 heterocycles. The van der Waals surface area contributed by atoms with E-state index >= 15 is 0 Å². The standard InChI is InChI=1S/C13H14N2O2/c1-7(14)8-2-4-9(5-3-8)15-12(16)10-6-11(10)13(15)17/h2-5,7,10-11H,6,14H2,1H3. The van der Waals surface area contributed by atoms with Crippen LogP contribution in [-0.4, -0.2) is 11.8 Å². The molecule has 3 rings (SSSR count). The molecule has 0 spiro atoms. The number of hydrogen-bond donors (Lipinski definition) is 1. The maximum Gasteiger partial charge on any atom is 0.237 e. The summed E-state index contributed by atoms with van der Waals surface area (Å²) in [6, 6.07) is 7.27. The van der Waals surface area contributed by atoms with Gasteiger partial charge in [-0.3, -0.25) is 14.5 Å². The number of nitrogens with zero attached hydrogens (tertiary/aromatic N) is 1. The van der Waals surface area contributed by atoms with E-state index in [1.807, 2.05) is 19.1 Å². The van der Waals surface area contributed by atoms with E-state index in [9.17, 15) is 9.59 Å². The summed E-state index contributed by atoms with van der Waals surface area (Å²) in [7, 11) is 0. The van der Waals surface area contributed by atoms with Gasteiger partial charge in [0.05, 0.1) is 17.5 Å². The third-order valence-corrected chi connectivity index (χ3v) is 3.54. The summed E-state index contributed by atoms with van der Waals surface area (Å²) in [5.41, 5.74) is 7.42. The highest BCUT2D eigenvalue weighted by Crippen LogP contribution is 2.48. The molecule has 1 saturated heterocycles. The van der Waals surface area contributed by atoms with Crippen molar-refractivity contribution in [2.45, 2.75) is 19.4 Å². The highest BCUT2D eigenvalue weighted by molar-refractivity contribution is 6.24. The van der Waals surface area contributed by atoms with Gasteiger partial charge in [0.1, 0.15) is 0 Å². The molecule has 2 N–H and O–H groups in total. The zero-order chi connectivity index (χ0) is 12.2. The van der Waals surface area contributed by atoms with Crippen LogP contribution in [-0.2, 0) is 9.59 Å². The first-order chi connectivity index (χ1) is 8.09. The summed E-state index contributed by atoms with van der Waals surface area (Å²) in [5, 5.41) is 0. The number of rotatable bonds is 2. The third kappa shape index (κ3) is 1.48. The number of piperidine rings is 1. The van der Waals surface area contributed by atoms with Gasteiger partial charge < -0.3 is 5.73 Å². The van der Waals surface area contributed by atoms with E-state index in [0.29, 0.717) is 5.69 Å². The zero-order valence-electron chi connectivity index (χ0n) is 9.59. The molecule has 1 saturated carbocycles. The molecular formula is C13H14N2O2. The van der Waals surface area contributed by atoms with Gasteiger partial charge in [0.2, 0.25) is 11.8 Å². The molecule has 0 aromatic heterocycles. The Kier molecular flexibility index (Phi) is 2.10. The lowest BCUT2D eigenvalue weighted by molar-refractivity contribution is -0.123. The van der Waals surface area contributed by atoms with Crippen LogP contribution in [0.3, 0.4) is 0 Å².